The third-order valence-electron chi connectivity index (χ3n) is 5.82. The zero-order valence-electron chi connectivity index (χ0n) is 16.0. The first-order chi connectivity index (χ1) is 14.1. The molecule has 1 saturated heterocycles. The quantitative estimate of drug-likeness (QED) is 0.765. The summed E-state index contributed by atoms with van der Waals surface area (Å²) in [6.07, 6.45) is 6.15. The molecule has 0 spiro atoms. The van der Waals surface area contributed by atoms with E-state index in [0.29, 0.717) is 29.0 Å². The van der Waals surface area contributed by atoms with Crippen molar-refractivity contribution >= 4 is 40.7 Å². The third-order valence-corrected chi connectivity index (χ3v) is 6.11. The molecular weight excluding hydrogens is 390 g/mol. The summed E-state index contributed by atoms with van der Waals surface area (Å²) >= 11 is 6.45. The Morgan fingerprint density at radius 1 is 1.24 bits per heavy atom. The van der Waals surface area contributed by atoms with E-state index in [1.807, 2.05) is 6.07 Å². The highest BCUT2D eigenvalue weighted by Crippen LogP contribution is 2.41. The number of ketones is 1. The Morgan fingerprint density at radius 2 is 2.10 bits per heavy atom. The van der Waals surface area contributed by atoms with Gasteiger partial charge in [0, 0.05) is 25.7 Å². The van der Waals surface area contributed by atoms with Gasteiger partial charge in [0.1, 0.15) is 11.5 Å². The minimum absolute atomic E-state index is 0.0000203. The van der Waals surface area contributed by atoms with Crippen LogP contribution in [0, 0.1) is 5.92 Å². The summed E-state index contributed by atoms with van der Waals surface area (Å²) in [6, 6.07) is 6.88. The summed E-state index contributed by atoms with van der Waals surface area (Å²) in [5.41, 5.74) is 1.08. The van der Waals surface area contributed by atoms with Crippen LogP contribution in [0.1, 0.15) is 42.6 Å². The van der Waals surface area contributed by atoms with Gasteiger partial charge in [-0.25, -0.2) is 14.8 Å². The average Bonchev–Trinajstić information content (AvgIpc) is 3.53. The number of hydrogen-bond donors (Lipinski definition) is 1. The fraction of sp³-hybridized carbons (Fsp3) is 0.429. The van der Waals surface area contributed by atoms with Crippen molar-refractivity contribution in [1.82, 2.24) is 9.97 Å². The van der Waals surface area contributed by atoms with E-state index in [9.17, 15) is 9.59 Å². The summed E-state index contributed by atoms with van der Waals surface area (Å²) in [5, 5.41) is 3.23. The Kier molecular flexibility index (Phi) is 4.62. The first kappa shape index (κ1) is 18.4. The molecule has 1 N–H and O–H groups in total. The zero-order valence-corrected chi connectivity index (χ0v) is 16.7. The number of anilines is 3. The summed E-state index contributed by atoms with van der Waals surface area (Å²) in [4.78, 5) is 38.6. The van der Waals surface area contributed by atoms with Gasteiger partial charge >= 0.3 is 6.03 Å². The number of nitrogens with zero attached hydrogens (tertiary/aromatic N) is 4. The highest BCUT2D eigenvalue weighted by molar-refractivity contribution is 6.34. The lowest BCUT2D eigenvalue weighted by Gasteiger charge is -2.45. The Bertz CT molecular complexity index is 963. The Hall–Kier alpha value is -2.67. The van der Waals surface area contributed by atoms with Crippen LogP contribution in [0.4, 0.5) is 22.1 Å². The molecule has 2 aromatic rings. The number of pyridine rings is 2. The van der Waals surface area contributed by atoms with E-state index < -0.39 is 0 Å². The number of fused-ring (bicyclic) bond motifs is 4. The van der Waals surface area contributed by atoms with E-state index in [1.165, 1.54) is 0 Å². The van der Waals surface area contributed by atoms with E-state index >= 15 is 0 Å². The van der Waals surface area contributed by atoms with Gasteiger partial charge in [-0.1, -0.05) is 17.7 Å². The molecule has 29 heavy (non-hydrogen) atoms. The van der Waals surface area contributed by atoms with Crippen LogP contribution in [0.25, 0.3) is 0 Å². The lowest BCUT2D eigenvalue weighted by molar-refractivity contribution is 0.0971. The minimum Gasteiger partial charge on any atom is -0.366 e. The van der Waals surface area contributed by atoms with E-state index in [2.05, 4.69) is 20.2 Å². The summed E-state index contributed by atoms with van der Waals surface area (Å²) < 4.78 is 0. The lowest BCUT2D eigenvalue weighted by Crippen LogP contribution is -2.56. The van der Waals surface area contributed by atoms with Gasteiger partial charge in [0.25, 0.3) is 0 Å². The molecule has 3 aliphatic rings. The molecule has 8 heteroatoms. The summed E-state index contributed by atoms with van der Waals surface area (Å²) in [6.45, 7) is 1.63. The number of carbonyl (C=O) groups is 2. The van der Waals surface area contributed by atoms with Gasteiger partial charge in [0.05, 0.1) is 16.8 Å². The number of nitrogens with one attached hydrogen (secondary N) is 1. The van der Waals surface area contributed by atoms with Crippen LogP contribution in [-0.2, 0) is 0 Å². The number of aromatic nitrogens is 2. The maximum Gasteiger partial charge on any atom is 0.329 e. The number of Topliss-reactive ketones (excluding diaryl/α,β-unsaturated/α-hetero) is 1. The van der Waals surface area contributed by atoms with Gasteiger partial charge in [0.2, 0.25) is 0 Å². The minimum atomic E-state index is -0.285. The van der Waals surface area contributed by atoms with Crippen molar-refractivity contribution in [2.75, 3.05) is 28.2 Å². The maximum absolute atomic E-state index is 13.2. The Labute approximate surface area is 174 Å². The molecule has 5 rings (SSSR count). The van der Waals surface area contributed by atoms with Crippen molar-refractivity contribution in [3.8, 4) is 0 Å². The normalized spacial score (nSPS) is 20.2. The average molecular weight is 412 g/mol. The number of halogens is 1. The summed E-state index contributed by atoms with van der Waals surface area (Å²) in [7, 11) is 0. The third kappa shape index (κ3) is 3.55. The molecule has 2 fully saturated rings. The molecule has 1 atom stereocenters. The molecule has 0 unspecified atom stereocenters. The molecule has 150 valence electrons. The first-order valence-corrected chi connectivity index (χ1v) is 10.5. The maximum atomic E-state index is 13.2. The van der Waals surface area contributed by atoms with Crippen LogP contribution < -0.4 is 15.1 Å². The Balaban J connectivity index is 1.52. The number of piperidine rings is 1. The van der Waals surface area contributed by atoms with Gasteiger partial charge in [-0.3, -0.25) is 15.0 Å². The molecule has 4 heterocycles. The van der Waals surface area contributed by atoms with Gasteiger partial charge in [-0.05, 0) is 49.8 Å². The number of rotatable bonds is 4. The van der Waals surface area contributed by atoms with E-state index in [4.69, 9.17) is 11.6 Å². The van der Waals surface area contributed by atoms with Crippen LogP contribution in [0.3, 0.4) is 0 Å². The summed E-state index contributed by atoms with van der Waals surface area (Å²) in [5.74, 6) is 1.40. The van der Waals surface area contributed by atoms with Crippen molar-refractivity contribution in [2.45, 2.75) is 38.1 Å². The topological polar surface area (TPSA) is 78.4 Å². The number of carbonyl (C=O) groups excluding carboxylic acids is 2. The number of amides is 2. The van der Waals surface area contributed by atoms with Crippen LogP contribution in [0.2, 0.25) is 5.02 Å². The van der Waals surface area contributed by atoms with Gasteiger partial charge < -0.3 is 4.90 Å². The molecule has 1 saturated carbocycles. The first-order valence-electron chi connectivity index (χ1n) is 10.1. The monoisotopic (exact) mass is 411 g/mol. The van der Waals surface area contributed by atoms with Crippen LogP contribution >= 0.6 is 11.6 Å². The Morgan fingerprint density at radius 3 is 2.86 bits per heavy atom. The highest BCUT2D eigenvalue weighted by atomic mass is 35.5. The van der Waals surface area contributed by atoms with Crippen LogP contribution in [0.15, 0.2) is 30.5 Å². The molecule has 0 aromatic carbocycles. The van der Waals surface area contributed by atoms with Gasteiger partial charge in [-0.15, -0.1) is 0 Å². The second-order valence-corrected chi connectivity index (χ2v) is 8.40. The molecule has 2 bridgehead atoms. The van der Waals surface area contributed by atoms with Gasteiger partial charge in [-0.2, -0.15) is 0 Å². The standard InChI is InChI=1S/C21H22ClN5O2/c22-15-11-16-20(25-19(15)17(28)10-13-6-7-13)27(14-4-3-9-26(16)12-14)21(29)24-18-5-1-2-8-23-18/h1-2,5,8,11,13-14H,3-4,6-7,9-10,12H2,(H,23,24,29)/t14-/m0/s1. The highest BCUT2D eigenvalue weighted by Gasteiger charge is 2.39. The molecular formula is C21H22ClN5O2. The van der Waals surface area contributed by atoms with Crippen molar-refractivity contribution in [3.05, 3.63) is 41.2 Å². The molecule has 2 aromatic heterocycles. The van der Waals surface area contributed by atoms with E-state index in [0.717, 1.165) is 44.5 Å². The van der Waals surface area contributed by atoms with E-state index in [1.54, 1.807) is 29.3 Å². The zero-order chi connectivity index (χ0) is 20.0. The molecule has 2 aliphatic heterocycles. The van der Waals surface area contributed by atoms with Crippen molar-refractivity contribution in [2.24, 2.45) is 5.92 Å². The van der Waals surface area contributed by atoms with Crippen molar-refractivity contribution in [3.63, 3.8) is 0 Å². The second-order valence-electron chi connectivity index (χ2n) is 7.99. The predicted octanol–water partition coefficient (Wildman–Crippen LogP) is 4.13. The fourth-order valence-electron chi connectivity index (χ4n) is 4.18. The van der Waals surface area contributed by atoms with Crippen molar-refractivity contribution in [1.29, 1.82) is 0 Å². The smallest absolute Gasteiger partial charge is 0.329 e. The van der Waals surface area contributed by atoms with E-state index in [-0.39, 0.29) is 23.6 Å². The molecule has 2 amide bonds. The largest absolute Gasteiger partial charge is 0.366 e. The van der Waals surface area contributed by atoms with Crippen molar-refractivity contribution < 1.29 is 9.59 Å². The molecule has 0 radical (unpaired) electrons. The predicted molar refractivity (Wildman–Crippen MR) is 112 cm³/mol. The molecule has 7 nitrogen and oxygen atoms in total. The molecule has 1 aliphatic carbocycles. The number of urea groups is 1. The fourth-order valence-corrected chi connectivity index (χ4v) is 4.43. The van der Waals surface area contributed by atoms with Crippen LogP contribution in [0.5, 0.6) is 0 Å². The second kappa shape index (κ2) is 7.30. The van der Waals surface area contributed by atoms with Gasteiger partial charge in [0.15, 0.2) is 11.6 Å². The lowest BCUT2D eigenvalue weighted by atomic mass is 9.99. The number of hydrogen-bond acceptors (Lipinski definition) is 5. The SMILES string of the molecule is O=C(CC1CC1)c1nc2c(cc1Cl)N1CCC[C@@H](C1)N2C(=O)Nc1ccccn1. The van der Waals surface area contributed by atoms with Crippen LogP contribution in [-0.4, -0.2) is 40.9 Å².